The van der Waals surface area contributed by atoms with Crippen LogP contribution in [0, 0.1) is 24.7 Å². The number of aromatic hydroxyl groups is 1. The number of anilines is 1. The summed E-state index contributed by atoms with van der Waals surface area (Å²) in [7, 11) is 0. The van der Waals surface area contributed by atoms with Crippen molar-refractivity contribution in [2.24, 2.45) is 17.8 Å². The Morgan fingerprint density at radius 1 is 0.973 bits per heavy atom. The molecule has 4 atom stereocenters. The van der Waals surface area contributed by atoms with Gasteiger partial charge in [0, 0.05) is 33.2 Å². The highest BCUT2D eigenvalue weighted by atomic mass is 35.5. The zero-order valence-electron chi connectivity index (χ0n) is 20.3. The maximum absolute atomic E-state index is 13.9. The van der Waals surface area contributed by atoms with E-state index in [1.807, 2.05) is 13.0 Å². The summed E-state index contributed by atoms with van der Waals surface area (Å²) in [5, 5.41) is 11.2. The second kappa shape index (κ2) is 8.38. The van der Waals surface area contributed by atoms with E-state index in [4.69, 9.17) is 11.6 Å². The van der Waals surface area contributed by atoms with Crippen molar-refractivity contribution in [3.05, 3.63) is 93.1 Å². The predicted molar refractivity (Wildman–Crippen MR) is 138 cm³/mol. The van der Waals surface area contributed by atoms with Crippen molar-refractivity contribution in [1.82, 2.24) is 0 Å². The number of Topliss-reactive ketones (excluding diaryl/α,β-unsaturated/α-hetero) is 1. The van der Waals surface area contributed by atoms with Gasteiger partial charge in [0.05, 0.1) is 17.5 Å². The van der Waals surface area contributed by atoms with Gasteiger partial charge in [-0.1, -0.05) is 47.5 Å². The van der Waals surface area contributed by atoms with Gasteiger partial charge in [-0.05, 0) is 62.4 Å². The lowest BCUT2D eigenvalue weighted by Gasteiger charge is -2.42. The fraction of sp³-hybridized carbons (Fsp3) is 0.267. The molecule has 1 N–H and O–H groups in total. The standard InChI is InChI=1S/C30H24ClNO5/c1-14-7-8-16(12-22(14)31)32-29(36)19-10-9-17-20(26(19)30(32)37)13-21-24(34)11-15(2)28(35)27(21)25(17)18-5-3-4-6-23(18)33/h3-9,11-12,19-20,25-26,33H,10,13H2,1-2H3/t19-,20+,25+,26-/m0/s1. The van der Waals surface area contributed by atoms with Gasteiger partial charge >= 0.3 is 0 Å². The minimum Gasteiger partial charge on any atom is -0.508 e. The molecule has 0 bridgehead atoms. The number of amides is 2. The van der Waals surface area contributed by atoms with Gasteiger partial charge in [0.1, 0.15) is 5.75 Å². The average molecular weight is 514 g/mol. The molecule has 37 heavy (non-hydrogen) atoms. The van der Waals surface area contributed by atoms with Gasteiger partial charge in [-0.3, -0.25) is 19.2 Å². The molecule has 1 heterocycles. The Bertz CT molecular complexity index is 1530. The Kier molecular flexibility index (Phi) is 5.35. The number of carbonyl (C=O) groups excluding carboxylic acids is 4. The molecule has 0 spiro atoms. The second-order valence-electron chi connectivity index (χ2n) is 10.2. The molecule has 1 fully saturated rings. The van der Waals surface area contributed by atoms with Gasteiger partial charge in [-0.2, -0.15) is 0 Å². The molecule has 2 aromatic rings. The Labute approximate surface area is 218 Å². The Balaban J connectivity index is 1.49. The first kappa shape index (κ1) is 23.6. The van der Waals surface area contributed by atoms with Gasteiger partial charge < -0.3 is 5.11 Å². The fourth-order valence-electron chi connectivity index (χ4n) is 6.42. The molecule has 7 heteroatoms. The maximum atomic E-state index is 13.9. The van der Waals surface area contributed by atoms with Crippen LogP contribution in [-0.4, -0.2) is 28.5 Å². The summed E-state index contributed by atoms with van der Waals surface area (Å²) < 4.78 is 0. The van der Waals surface area contributed by atoms with Gasteiger partial charge in [-0.25, -0.2) is 4.90 Å². The van der Waals surface area contributed by atoms with Crippen LogP contribution in [0.15, 0.2) is 76.9 Å². The first-order valence-corrected chi connectivity index (χ1v) is 12.7. The third kappa shape index (κ3) is 3.39. The van der Waals surface area contributed by atoms with Crippen LogP contribution in [0.3, 0.4) is 0 Å². The van der Waals surface area contributed by atoms with E-state index in [2.05, 4.69) is 0 Å². The van der Waals surface area contributed by atoms with E-state index in [0.29, 0.717) is 39.4 Å². The number of halogens is 1. The number of imide groups is 1. The van der Waals surface area contributed by atoms with Crippen molar-refractivity contribution in [2.45, 2.75) is 32.6 Å². The van der Waals surface area contributed by atoms with Crippen LogP contribution in [0.2, 0.25) is 5.02 Å². The minimum absolute atomic E-state index is 0.0141. The van der Waals surface area contributed by atoms with E-state index >= 15 is 0 Å². The molecule has 2 amide bonds. The zero-order valence-corrected chi connectivity index (χ0v) is 21.1. The SMILES string of the molecule is CC1=CC(=O)C2=C(C1=O)[C@@H](c1ccccc1O)C1=CC[C@@H]3C(=O)N(c4ccc(C)c(Cl)c4)C(=O)[C@@H]3[C@@H]1C2. The molecule has 186 valence electrons. The average Bonchev–Trinajstić information content (AvgIpc) is 3.13. The quantitative estimate of drug-likeness (QED) is 0.347. The van der Waals surface area contributed by atoms with Gasteiger partial charge in [0.25, 0.3) is 0 Å². The van der Waals surface area contributed by atoms with E-state index in [9.17, 15) is 24.3 Å². The lowest BCUT2D eigenvalue weighted by atomic mass is 9.59. The summed E-state index contributed by atoms with van der Waals surface area (Å²) in [5.74, 6) is -3.44. The molecule has 6 nitrogen and oxygen atoms in total. The summed E-state index contributed by atoms with van der Waals surface area (Å²) >= 11 is 6.31. The van der Waals surface area contributed by atoms with Gasteiger partial charge in [0.15, 0.2) is 11.6 Å². The topological polar surface area (TPSA) is 91.8 Å². The van der Waals surface area contributed by atoms with Crippen LogP contribution in [-0.2, 0) is 19.2 Å². The zero-order chi connectivity index (χ0) is 26.2. The maximum Gasteiger partial charge on any atom is 0.238 e. The Morgan fingerprint density at radius 3 is 2.46 bits per heavy atom. The molecular weight excluding hydrogens is 490 g/mol. The molecule has 0 radical (unpaired) electrons. The third-order valence-electron chi connectivity index (χ3n) is 8.23. The van der Waals surface area contributed by atoms with E-state index in [0.717, 1.165) is 11.1 Å². The molecule has 6 rings (SSSR count). The van der Waals surface area contributed by atoms with Crippen molar-refractivity contribution >= 4 is 40.7 Å². The highest BCUT2D eigenvalue weighted by molar-refractivity contribution is 6.32. The largest absolute Gasteiger partial charge is 0.508 e. The number of phenolic OH excluding ortho intramolecular Hbond substituents is 1. The third-order valence-corrected chi connectivity index (χ3v) is 8.63. The Hall–Kier alpha value is -3.77. The lowest BCUT2D eigenvalue weighted by molar-refractivity contribution is -0.123. The summed E-state index contributed by atoms with van der Waals surface area (Å²) in [6.07, 6.45) is 3.82. The van der Waals surface area contributed by atoms with Crippen molar-refractivity contribution in [3.8, 4) is 5.75 Å². The van der Waals surface area contributed by atoms with Crippen molar-refractivity contribution < 1.29 is 24.3 Å². The number of aryl methyl sites for hydroxylation is 1. The number of carbonyl (C=O) groups is 4. The number of benzene rings is 2. The monoisotopic (exact) mass is 513 g/mol. The van der Waals surface area contributed by atoms with Crippen LogP contribution in [0.4, 0.5) is 5.69 Å². The number of hydrogen-bond donors (Lipinski definition) is 1. The molecule has 0 aromatic heterocycles. The number of hydrogen-bond acceptors (Lipinski definition) is 5. The molecule has 1 saturated heterocycles. The molecule has 1 aliphatic heterocycles. The number of nitrogens with zero attached hydrogens (tertiary/aromatic N) is 1. The second-order valence-corrected chi connectivity index (χ2v) is 10.6. The van der Waals surface area contributed by atoms with Crippen molar-refractivity contribution in [2.75, 3.05) is 4.90 Å². The number of allylic oxidation sites excluding steroid dienone is 6. The molecule has 2 aromatic carbocycles. The number of rotatable bonds is 2. The number of phenols is 1. The summed E-state index contributed by atoms with van der Waals surface area (Å²) in [6.45, 7) is 3.47. The fourth-order valence-corrected chi connectivity index (χ4v) is 6.60. The highest BCUT2D eigenvalue weighted by Gasteiger charge is 2.56. The first-order valence-electron chi connectivity index (χ1n) is 12.3. The summed E-state index contributed by atoms with van der Waals surface area (Å²) in [6, 6.07) is 11.9. The van der Waals surface area contributed by atoms with E-state index in [1.54, 1.807) is 49.4 Å². The molecule has 0 saturated carbocycles. The Morgan fingerprint density at radius 2 is 1.73 bits per heavy atom. The summed E-state index contributed by atoms with van der Waals surface area (Å²) in [5.41, 5.74) is 3.67. The molecular formula is C30H24ClNO5. The number of fused-ring (bicyclic) bond motifs is 3. The smallest absolute Gasteiger partial charge is 0.238 e. The van der Waals surface area contributed by atoms with Crippen LogP contribution in [0.5, 0.6) is 5.75 Å². The van der Waals surface area contributed by atoms with Crippen LogP contribution in [0.25, 0.3) is 0 Å². The highest BCUT2D eigenvalue weighted by Crippen LogP contribution is 2.56. The van der Waals surface area contributed by atoms with Crippen LogP contribution < -0.4 is 4.90 Å². The van der Waals surface area contributed by atoms with Gasteiger partial charge in [0.2, 0.25) is 11.8 Å². The number of ketones is 2. The van der Waals surface area contributed by atoms with Crippen molar-refractivity contribution in [1.29, 1.82) is 0 Å². The van der Waals surface area contributed by atoms with Gasteiger partial charge in [-0.15, -0.1) is 0 Å². The first-order chi connectivity index (χ1) is 17.7. The normalized spacial score (nSPS) is 27.1. The number of para-hydroxylation sites is 1. The lowest BCUT2D eigenvalue weighted by Crippen LogP contribution is -2.39. The minimum atomic E-state index is -0.676. The van der Waals surface area contributed by atoms with E-state index in [1.165, 1.54) is 11.0 Å². The molecule has 0 unspecified atom stereocenters. The van der Waals surface area contributed by atoms with Crippen LogP contribution >= 0.6 is 11.6 Å². The van der Waals surface area contributed by atoms with Crippen molar-refractivity contribution in [3.63, 3.8) is 0 Å². The summed E-state index contributed by atoms with van der Waals surface area (Å²) in [4.78, 5) is 55.2. The van der Waals surface area contributed by atoms with E-state index in [-0.39, 0.29) is 35.6 Å². The van der Waals surface area contributed by atoms with Crippen LogP contribution in [0.1, 0.15) is 36.8 Å². The van der Waals surface area contributed by atoms with E-state index < -0.39 is 23.7 Å². The molecule has 4 aliphatic rings. The molecule has 3 aliphatic carbocycles. The predicted octanol–water partition coefficient (Wildman–Crippen LogP) is 4.99.